The van der Waals surface area contributed by atoms with E-state index in [1.54, 1.807) is 36.0 Å². The fourth-order valence-corrected chi connectivity index (χ4v) is 10.9. The molecule has 7 atom stereocenters. The Morgan fingerprint density at radius 1 is 0.979 bits per heavy atom. The predicted molar refractivity (Wildman–Crippen MR) is 173 cm³/mol. The molecule has 2 aliphatic carbocycles. The fraction of sp³-hybridized carbons (Fsp3) is 0.273. The Morgan fingerprint density at radius 3 is 2.34 bits per heavy atom. The van der Waals surface area contributed by atoms with Crippen molar-refractivity contribution in [2.24, 2.45) is 29.6 Å². The number of phenols is 1. The minimum Gasteiger partial charge on any atom is -0.508 e. The number of aromatic hydroxyl groups is 1. The van der Waals surface area contributed by atoms with E-state index in [1.165, 1.54) is 52.6 Å². The van der Waals surface area contributed by atoms with Crippen LogP contribution in [0.25, 0.3) is 0 Å². The highest BCUT2D eigenvalue weighted by atomic mass is 32.2. The van der Waals surface area contributed by atoms with Crippen molar-refractivity contribution in [1.29, 1.82) is 0 Å². The molecule has 238 valence electrons. The van der Waals surface area contributed by atoms with Gasteiger partial charge < -0.3 is 20.1 Å². The van der Waals surface area contributed by atoms with E-state index in [1.807, 2.05) is 12.1 Å². The van der Waals surface area contributed by atoms with Crippen molar-refractivity contribution in [3.05, 3.63) is 103 Å². The summed E-state index contributed by atoms with van der Waals surface area (Å²) in [6.07, 6.45) is 0.732. The van der Waals surface area contributed by atoms with E-state index in [4.69, 9.17) is 4.74 Å². The molecule has 4 aliphatic rings. The normalized spacial score (nSPS) is 26.9. The number of phenolic OH excluding ortho intramolecular Hbond substituents is 1. The highest BCUT2D eigenvalue weighted by Gasteiger charge is 2.69. The number of thioether (sulfide) groups is 1. The number of fused-ring (bicyclic) bond motifs is 9. The molecule has 2 saturated carbocycles. The quantitative estimate of drug-likeness (QED) is 0.109. The number of amides is 3. The molecule has 3 amide bonds. The van der Waals surface area contributed by atoms with Crippen LogP contribution in [0.2, 0.25) is 0 Å². The molecule has 1 saturated heterocycles. The van der Waals surface area contributed by atoms with Crippen LogP contribution >= 0.6 is 23.1 Å². The lowest BCUT2D eigenvalue weighted by molar-refractivity contribution is -0.384. The third-order valence-electron chi connectivity index (χ3n) is 9.80. The maximum Gasteiger partial charge on any atom is 0.305 e. The Morgan fingerprint density at radius 2 is 1.66 bits per heavy atom. The number of nitro benzene ring substituents is 1. The molecule has 3 N–H and O–H groups in total. The summed E-state index contributed by atoms with van der Waals surface area (Å²) in [4.78, 5) is 68.3. The number of nitrogens with one attached hydrogen (secondary N) is 2. The number of ether oxygens (including phenoxy) is 1. The first-order valence-corrected chi connectivity index (χ1v) is 16.7. The molecule has 2 aliphatic heterocycles. The van der Waals surface area contributed by atoms with Gasteiger partial charge >= 0.3 is 4.87 Å². The Bertz CT molecular complexity index is 1990. The molecule has 14 heteroatoms. The smallest absolute Gasteiger partial charge is 0.305 e. The summed E-state index contributed by atoms with van der Waals surface area (Å²) in [5.74, 6) is -1.62. The SMILES string of the molecule is O=C(COc1ccc([C@H]2c3sc(=O)[nH]c3SC3C4CC(C5C(=O)N(c6ccc([N+](=O)[O-])cc6)C(=O)C45)C32)cc1)Nc1ccc(O)cc1. The van der Waals surface area contributed by atoms with Crippen molar-refractivity contribution >= 4 is 57.9 Å². The van der Waals surface area contributed by atoms with Crippen molar-refractivity contribution in [3.63, 3.8) is 0 Å². The van der Waals surface area contributed by atoms with Gasteiger partial charge in [-0.3, -0.25) is 34.2 Å². The maximum absolute atomic E-state index is 13.9. The summed E-state index contributed by atoms with van der Waals surface area (Å²) < 4.78 is 5.73. The van der Waals surface area contributed by atoms with Gasteiger partial charge in [-0.05, 0) is 78.3 Å². The van der Waals surface area contributed by atoms with Crippen molar-refractivity contribution < 1.29 is 29.2 Å². The van der Waals surface area contributed by atoms with Crippen LogP contribution in [0.3, 0.4) is 0 Å². The molecule has 4 aromatic rings. The Labute approximate surface area is 274 Å². The van der Waals surface area contributed by atoms with Crippen LogP contribution in [0.15, 0.2) is 82.6 Å². The first-order chi connectivity index (χ1) is 22.7. The number of aromatic amines is 1. The number of hydrogen-bond donors (Lipinski definition) is 3. The number of hydrogen-bond acceptors (Lipinski definition) is 10. The first-order valence-electron chi connectivity index (χ1n) is 15.0. The minimum absolute atomic E-state index is 0.00150. The number of nitrogens with zero attached hydrogens (tertiary/aromatic N) is 2. The average molecular weight is 671 g/mol. The van der Waals surface area contributed by atoms with Crippen molar-refractivity contribution in [2.75, 3.05) is 16.8 Å². The fourth-order valence-electron chi connectivity index (χ4n) is 8.03. The van der Waals surface area contributed by atoms with Crippen LogP contribution in [-0.2, 0) is 14.4 Å². The second-order valence-electron chi connectivity index (χ2n) is 12.2. The topological polar surface area (TPSA) is 172 Å². The van der Waals surface area contributed by atoms with Crippen molar-refractivity contribution in [3.8, 4) is 11.5 Å². The first kappa shape index (κ1) is 29.5. The van der Waals surface area contributed by atoms with Crippen LogP contribution in [0.1, 0.15) is 22.8 Å². The number of H-pyrrole nitrogens is 1. The largest absolute Gasteiger partial charge is 0.508 e. The molecule has 3 fully saturated rings. The standard InChI is InChI=1S/C33H26N4O8S2/c38-19-9-3-16(4-10-19)34-23(39)14-45-20-11-1-15(2-12-20)24-25-21-13-22(28(25)46-30-29(24)47-33(42)35-30)27-26(21)31(40)36(32(27)41)17-5-7-18(8-6-17)37(43)44/h1-12,21-22,24-28,38H,13-14H2,(H,34,39)(H,35,42)/t21?,22?,24-,25?,26?,27?,28?/m1/s1. The number of carbonyl (C=O) groups excluding carboxylic acids is 3. The predicted octanol–water partition coefficient (Wildman–Crippen LogP) is 4.75. The maximum atomic E-state index is 13.9. The van der Waals surface area contributed by atoms with Crippen LogP contribution in [0.4, 0.5) is 17.1 Å². The number of anilines is 2. The summed E-state index contributed by atoms with van der Waals surface area (Å²) in [6.45, 7) is -0.219. The average Bonchev–Trinajstić information content (AvgIpc) is 3.80. The lowest BCUT2D eigenvalue weighted by Crippen LogP contribution is -2.42. The summed E-state index contributed by atoms with van der Waals surface area (Å²) >= 11 is 2.76. The van der Waals surface area contributed by atoms with E-state index in [-0.39, 0.29) is 69.6 Å². The van der Waals surface area contributed by atoms with Gasteiger partial charge in [-0.25, -0.2) is 0 Å². The lowest BCUT2D eigenvalue weighted by Gasteiger charge is -2.43. The van der Waals surface area contributed by atoms with Gasteiger partial charge in [-0.1, -0.05) is 23.5 Å². The van der Waals surface area contributed by atoms with Gasteiger partial charge in [0.2, 0.25) is 11.8 Å². The number of rotatable bonds is 7. The number of thiazole rings is 1. The number of benzene rings is 3. The van der Waals surface area contributed by atoms with E-state index >= 15 is 0 Å². The molecule has 12 nitrogen and oxygen atoms in total. The Kier molecular flexibility index (Phi) is 6.95. The van der Waals surface area contributed by atoms with Gasteiger partial charge in [0.25, 0.3) is 11.6 Å². The number of aromatic nitrogens is 1. The molecule has 1 aromatic heterocycles. The number of carbonyl (C=O) groups is 3. The van der Waals surface area contributed by atoms with Gasteiger partial charge in [0, 0.05) is 33.9 Å². The molecular weight excluding hydrogens is 645 g/mol. The molecule has 2 bridgehead atoms. The summed E-state index contributed by atoms with van der Waals surface area (Å²) in [6, 6.07) is 19.0. The van der Waals surface area contributed by atoms with Crippen molar-refractivity contribution in [1.82, 2.24) is 4.98 Å². The molecule has 0 radical (unpaired) electrons. The van der Waals surface area contributed by atoms with Gasteiger partial charge in [0.1, 0.15) is 11.5 Å². The van der Waals surface area contributed by atoms with Gasteiger partial charge in [0.15, 0.2) is 6.61 Å². The van der Waals surface area contributed by atoms with Gasteiger partial charge in [-0.2, -0.15) is 0 Å². The molecule has 47 heavy (non-hydrogen) atoms. The highest BCUT2D eigenvalue weighted by Crippen LogP contribution is 2.68. The zero-order valence-corrected chi connectivity index (χ0v) is 26.0. The van der Waals surface area contributed by atoms with Gasteiger partial charge in [0.05, 0.1) is 27.5 Å². The van der Waals surface area contributed by atoms with E-state index in [9.17, 15) is 34.4 Å². The van der Waals surface area contributed by atoms with Crippen LogP contribution in [-0.4, -0.2) is 44.6 Å². The third-order valence-corrected chi connectivity index (χ3v) is 12.4. The molecule has 3 heterocycles. The Balaban J connectivity index is 1.05. The van der Waals surface area contributed by atoms with E-state index in [0.29, 0.717) is 17.1 Å². The highest BCUT2D eigenvalue weighted by molar-refractivity contribution is 8.00. The summed E-state index contributed by atoms with van der Waals surface area (Å²) in [5, 5.41) is 24.1. The number of nitro groups is 1. The molecule has 8 rings (SSSR count). The molecular formula is C33H26N4O8S2. The molecule has 0 spiro atoms. The second kappa shape index (κ2) is 11.1. The lowest BCUT2D eigenvalue weighted by atomic mass is 9.68. The minimum atomic E-state index is -0.521. The second-order valence-corrected chi connectivity index (χ2v) is 14.4. The van der Waals surface area contributed by atoms with Gasteiger partial charge in [-0.15, -0.1) is 11.8 Å². The monoisotopic (exact) mass is 670 g/mol. The van der Waals surface area contributed by atoms with E-state index < -0.39 is 16.8 Å². The molecule has 3 aromatic carbocycles. The number of imide groups is 1. The molecule has 6 unspecified atom stereocenters. The summed E-state index contributed by atoms with van der Waals surface area (Å²) in [7, 11) is 0. The van der Waals surface area contributed by atoms with Crippen LogP contribution in [0, 0.1) is 39.7 Å². The zero-order chi connectivity index (χ0) is 32.6. The summed E-state index contributed by atoms with van der Waals surface area (Å²) in [5.41, 5.74) is 1.70. The van der Waals surface area contributed by atoms with Crippen LogP contribution in [0.5, 0.6) is 11.5 Å². The van der Waals surface area contributed by atoms with Crippen molar-refractivity contribution in [2.45, 2.75) is 22.6 Å². The van der Waals surface area contributed by atoms with E-state index in [2.05, 4.69) is 10.3 Å². The zero-order valence-electron chi connectivity index (χ0n) is 24.4. The Hall–Kier alpha value is -4.95. The van der Waals surface area contributed by atoms with Crippen LogP contribution < -0.4 is 19.8 Å². The van der Waals surface area contributed by atoms with E-state index in [0.717, 1.165) is 21.9 Å². The third kappa shape index (κ3) is 4.81. The number of non-ortho nitro benzene ring substituents is 1.